The number of benzene rings is 3. The maximum absolute atomic E-state index is 6.24. The summed E-state index contributed by atoms with van der Waals surface area (Å²) >= 11 is 0. The molecule has 2 nitrogen and oxygen atoms in total. The molecule has 2 unspecified atom stereocenters. The van der Waals surface area contributed by atoms with Crippen molar-refractivity contribution in [3.05, 3.63) is 77.9 Å². The van der Waals surface area contributed by atoms with E-state index in [4.69, 9.17) is 5.73 Å². The van der Waals surface area contributed by atoms with Gasteiger partial charge >= 0.3 is 0 Å². The van der Waals surface area contributed by atoms with Crippen LogP contribution in [0.3, 0.4) is 0 Å². The average Bonchev–Trinajstić information content (AvgIpc) is 2.84. The van der Waals surface area contributed by atoms with Gasteiger partial charge in [0.1, 0.15) is 0 Å². The van der Waals surface area contributed by atoms with E-state index in [1.165, 1.54) is 21.9 Å². The van der Waals surface area contributed by atoms with Gasteiger partial charge in [-0.25, -0.2) is 0 Å². The lowest BCUT2D eigenvalue weighted by atomic mass is 10.1. The number of nitrogens with two attached hydrogens (primary N) is 1. The summed E-state index contributed by atoms with van der Waals surface area (Å²) in [4.78, 5) is 0. The molecule has 0 aromatic heterocycles. The highest BCUT2D eigenvalue weighted by atomic mass is 14.9. The van der Waals surface area contributed by atoms with Gasteiger partial charge in [0.25, 0.3) is 0 Å². The van der Waals surface area contributed by atoms with Crippen LogP contribution in [0.25, 0.3) is 10.8 Å². The molecule has 1 aliphatic rings. The first-order valence-electron chi connectivity index (χ1n) is 7.41. The summed E-state index contributed by atoms with van der Waals surface area (Å²) in [5.74, 6) is 0. The minimum atomic E-state index is 0.138. The average molecular weight is 274 g/mol. The number of anilines is 1. The lowest BCUT2D eigenvalue weighted by molar-refractivity contribution is 0.649. The van der Waals surface area contributed by atoms with Crippen LogP contribution in [0.15, 0.2) is 66.7 Å². The maximum atomic E-state index is 6.24. The second-order valence-electron chi connectivity index (χ2n) is 5.73. The molecule has 0 amide bonds. The number of hydrogen-bond acceptors (Lipinski definition) is 2. The van der Waals surface area contributed by atoms with Gasteiger partial charge in [-0.05, 0) is 40.5 Å². The van der Waals surface area contributed by atoms with Crippen molar-refractivity contribution in [2.24, 2.45) is 5.73 Å². The third kappa shape index (κ3) is 2.18. The van der Waals surface area contributed by atoms with Crippen LogP contribution in [-0.2, 0) is 0 Å². The predicted octanol–water partition coefficient (Wildman–Crippen LogP) is 4.40. The first kappa shape index (κ1) is 12.4. The first-order chi connectivity index (χ1) is 10.3. The number of rotatable bonds is 2. The van der Waals surface area contributed by atoms with Crippen molar-refractivity contribution in [3.8, 4) is 0 Å². The standard InChI is InChI=1S/C19H18N2/c20-18-12-19(17-8-4-3-7-16(17)18)21-15-10-9-13-5-1-2-6-14(13)11-15/h1-11,18-19,21H,12,20H2. The molecule has 0 fully saturated rings. The van der Waals surface area contributed by atoms with E-state index in [0.717, 1.165) is 12.1 Å². The molecule has 0 radical (unpaired) electrons. The van der Waals surface area contributed by atoms with Gasteiger partial charge < -0.3 is 11.1 Å². The topological polar surface area (TPSA) is 38.0 Å². The van der Waals surface area contributed by atoms with Gasteiger partial charge in [0, 0.05) is 11.7 Å². The highest BCUT2D eigenvalue weighted by molar-refractivity contribution is 5.85. The van der Waals surface area contributed by atoms with E-state index in [0.29, 0.717) is 6.04 Å². The summed E-state index contributed by atoms with van der Waals surface area (Å²) < 4.78 is 0. The zero-order valence-corrected chi connectivity index (χ0v) is 11.8. The van der Waals surface area contributed by atoms with Crippen molar-refractivity contribution in [2.75, 3.05) is 5.32 Å². The number of nitrogens with one attached hydrogen (secondary N) is 1. The molecule has 0 spiro atoms. The van der Waals surface area contributed by atoms with Crippen LogP contribution in [0.2, 0.25) is 0 Å². The zero-order chi connectivity index (χ0) is 14.2. The summed E-state index contributed by atoms with van der Waals surface area (Å²) in [5.41, 5.74) is 10.0. The minimum absolute atomic E-state index is 0.138. The van der Waals surface area contributed by atoms with Crippen LogP contribution in [0.4, 0.5) is 5.69 Å². The Morgan fingerprint density at radius 1 is 0.810 bits per heavy atom. The lowest BCUT2D eigenvalue weighted by Gasteiger charge is -2.16. The molecule has 0 saturated heterocycles. The Kier molecular flexibility index (Phi) is 2.90. The molecule has 3 N–H and O–H groups in total. The fourth-order valence-corrected chi connectivity index (χ4v) is 3.29. The van der Waals surface area contributed by atoms with E-state index in [1.807, 2.05) is 0 Å². The van der Waals surface area contributed by atoms with Crippen LogP contribution in [0.1, 0.15) is 29.6 Å². The van der Waals surface area contributed by atoms with Gasteiger partial charge in [0.15, 0.2) is 0 Å². The summed E-state index contributed by atoms with van der Waals surface area (Å²) in [7, 11) is 0. The van der Waals surface area contributed by atoms with Gasteiger partial charge in [0.05, 0.1) is 6.04 Å². The molecule has 0 bridgehead atoms. The van der Waals surface area contributed by atoms with Gasteiger partial charge in [-0.3, -0.25) is 0 Å². The van der Waals surface area contributed by atoms with Crippen molar-refractivity contribution in [1.82, 2.24) is 0 Å². The van der Waals surface area contributed by atoms with E-state index in [9.17, 15) is 0 Å². The molecular weight excluding hydrogens is 256 g/mol. The fraction of sp³-hybridized carbons (Fsp3) is 0.158. The molecule has 2 heteroatoms. The van der Waals surface area contributed by atoms with Crippen LogP contribution in [0.5, 0.6) is 0 Å². The van der Waals surface area contributed by atoms with Gasteiger partial charge in [-0.15, -0.1) is 0 Å². The summed E-state index contributed by atoms with van der Waals surface area (Å²) in [6.07, 6.45) is 0.951. The van der Waals surface area contributed by atoms with Crippen LogP contribution < -0.4 is 11.1 Å². The summed E-state index contributed by atoms with van der Waals surface area (Å²) in [6, 6.07) is 23.9. The van der Waals surface area contributed by atoms with Gasteiger partial charge in [0.2, 0.25) is 0 Å². The molecule has 2 atom stereocenters. The molecule has 4 rings (SSSR count). The Morgan fingerprint density at radius 2 is 1.52 bits per heavy atom. The van der Waals surface area contributed by atoms with Gasteiger partial charge in [-0.2, -0.15) is 0 Å². The van der Waals surface area contributed by atoms with E-state index in [1.54, 1.807) is 0 Å². The third-order valence-electron chi connectivity index (χ3n) is 4.35. The minimum Gasteiger partial charge on any atom is -0.378 e. The van der Waals surface area contributed by atoms with Crippen molar-refractivity contribution >= 4 is 16.5 Å². The Bertz CT molecular complexity index is 794. The Hall–Kier alpha value is -2.32. The van der Waals surface area contributed by atoms with E-state index in [2.05, 4.69) is 72.0 Å². The van der Waals surface area contributed by atoms with Gasteiger partial charge in [-0.1, -0.05) is 54.6 Å². The maximum Gasteiger partial charge on any atom is 0.0535 e. The Morgan fingerprint density at radius 3 is 2.38 bits per heavy atom. The second kappa shape index (κ2) is 4.90. The molecule has 21 heavy (non-hydrogen) atoms. The van der Waals surface area contributed by atoms with E-state index >= 15 is 0 Å². The molecule has 1 aliphatic carbocycles. The predicted molar refractivity (Wildman–Crippen MR) is 88.3 cm³/mol. The normalized spacial score (nSPS) is 20.4. The molecule has 104 valence electrons. The Balaban J connectivity index is 1.66. The number of hydrogen-bond donors (Lipinski definition) is 2. The molecular formula is C19H18N2. The van der Waals surface area contributed by atoms with Crippen molar-refractivity contribution in [1.29, 1.82) is 0 Å². The molecule has 3 aromatic carbocycles. The molecule has 0 saturated carbocycles. The van der Waals surface area contributed by atoms with Crippen molar-refractivity contribution in [3.63, 3.8) is 0 Å². The highest BCUT2D eigenvalue weighted by Gasteiger charge is 2.27. The molecule has 0 aliphatic heterocycles. The van der Waals surface area contributed by atoms with Crippen molar-refractivity contribution in [2.45, 2.75) is 18.5 Å². The second-order valence-corrected chi connectivity index (χ2v) is 5.73. The lowest BCUT2D eigenvalue weighted by Crippen LogP contribution is -2.09. The first-order valence-corrected chi connectivity index (χ1v) is 7.41. The largest absolute Gasteiger partial charge is 0.378 e. The SMILES string of the molecule is NC1CC(Nc2ccc3ccccc3c2)c2ccccc21. The molecule has 0 heterocycles. The third-order valence-corrected chi connectivity index (χ3v) is 4.35. The monoisotopic (exact) mass is 274 g/mol. The fourth-order valence-electron chi connectivity index (χ4n) is 3.29. The Labute approximate surface area is 124 Å². The van der Waals surface area contributed by atoms with E-state index < -0.39 is 0 Å². The smallest absolute Gasteiger partial charge is 0.0535 e. The number of fused-ring (bicyclic) bond motifs is 2. The van der Waals surface area contributed by atoms with Crippen LogP contribution in [0, 0.1) is 0 Å². The van der Waals surface area contributed by atoms with Crippen LogP contribution >= 0.6 is 0 Å². The van der Waals surface area contributed by atoms with Crippen molar-refractivity contribution < 1.29 is 0 Å². The van der Waals surface area contributed by atoms with E-state index in [-0.39, 0.29) is 6.04 Å². The zero-order valence-electron chi connectivity index (χ0n) is 11.8. The highest BCUT2D eigenvalue weighted by Crippen LogP contribution is 2.39. The summed E-state index contributed by atoms with van der Waals surface area (Å²) in [6.45, 7) is 0. The molecule has 3 aromatic rings. The quantitative estimate of drug-likeness (QED) is 0.727. The summed E-state index contributed by atoms with van der Waals surface area (Å²) in [5, 5.41) is 6.17. The van der Waals surface area contributed by atoms with Crippen LogP contribution in [-0.4, -0.2) is 0 Å².